The molecule has 0 fully saturated rings. The van der Waals surface area contributed by atoms with Crippen LogP contribution in [0.5, 0.6) is 11.5 Å². The van der Waals surface area contributed by atoms with Crippen molar-refractivity contribution in [2.75, 3.05) is 20.3 Å². The summed E-state index contributed by atoms with van der Waals surface area (Å²) in [6.45, 7) is 6.97. The molecule has 0 saturated carbocycles. The second-order valence-electron chi connectivity index (χ2n) is 7.68. The number of nitrogens with one attached hydrogen (secondary N) is 1. The molecule has 0 spiro atoms. The lowest BCUT2D eigenvalue weighted by atomic mass is 10.1. The van der Waals surface area contributed by atoms with E-state index in [-0.39, 0.29) is 16.2 Å². The fourth-order valence-corrected chi connectivity index (χ4v) is 4.29. The summed E-state index contributed by atoms with van der Waals surface area (Å²) >= 11 is 0. The first-order chi connectivity index (χ1) is 14.5. The van der Waals surface area contributed by atoms with E-state index >= 15 is 0 Å². The van der Waals surface area contributed by atoms with Gasteiger partial charge in [0, 0.05) is 11.1 Å². The first-order valence-corrected chi connectivity index (χ1v) is 11.1. The molecular weight excluding hydrogens is 422 g/mol. The number of ketones is 1. The van der Waals surface area contributed by atoms with Crippen LogP contribution >= 0.6 is 0 Å². The molecule has 0 heterocycles. The molecule has 0 aliphatic rings. The van der Waals surface area contributed by atoms with Crippen LogP contribution in [0.1, 0.15) is 48.4 Å². The fourth-order valence-electron chi connectivity index (χ4n) is 2.67. The summed E-state index contributed by atoms with van der Waals surface area (Å²) in [5.41, 5.74) is -0.386. The molecule has 0 aromatic heterocycles. The van der Waals surface area contributed by atoms with Crippen molar-refractivity contribution in [2.24, 2.45) is 0 Å². The third kappa shape index (κ3) is 6.80. The number of hydrogen-bond donors (Lipinski definition) is 1. The van der Waals surface area contributed by atoms with Crippen molar-refractivity contribution in [2.45, 2.75) is 38.1 Å². The Morgan fingerprint density at radius 2 is 1.61 bits per heavy atom. The van der Waals surface area contributed by atoms with Crippen LogP contribution < -0.4 is 14.2 Å². The zero-order valence-electron chi connectivity index (χ0n) is 18.2. The molecule has 0 atom stereocenters. The van der Waals surface area contributed by atoms with Gasteiger partial charge in [0.15, 0.2) is 12.4 Å². The topological polar surface area (TPSA) is 108 Å². The SMILES string of the molecule is CCOc1ccc(C(=O)COC(=O)c2ccc(OC)c(S(=O)(=O)NC(C)(C)C)c2)cc1. The van der Waals surface area contributed by atoms with Crippen LogP contribution in [-0.4, -0.2) is 46.0 Å². The van der Waals surface area contributed by atoms with E-state index in [0.717, 1.165) is 6.07 Å². The number of carbonyl (C=O) groups is 2. The minimum atomic E-state index is -3.96. The zero-order valence-corrected chi connectivity index (χ0v) is 19.0. The summed E-state index contributed by atoms with van der Waals surface area (Å²) in [7, 11) is -2.63. The number of benzene rings is 2. The third-order valence-electron chi connectivity index (χ3n) is 3.95. The van der Waals surface area contributed by atoms with Crippen LogP contribution in [0, 0.1) is 0 Å². The Morgan fingerprint density at radius 3 is 2.16 bits per heavy atom. The van der Waals surface area contributed by atoms with Gasteiger partial charge in [-0.15, -0.1) is 0 Å². The van der Waals surface area contributed by atoms with E-state index in [1.54, 1.807) is 45.0 Å². The van der Waals surface area contributed by atoms with Gasteiger partial charge in [0.2, 0.25) is 10.0 Å². The van der Waals surface area contributed by atoms with Gasteiger partial charge in [0.25, 0.3) is 0 Å². The number of esters is 1. The largest absolute Gasteiger partial charge is 0.495 e. The van der Waals surface area contributed by atoms with E-state index in [0.29, 0.717) is 17.9 Å². The molecule has 31 heavy (non-hydrogen) atoms. The van der Waals surface area contributed by atoms with Crippen molar-refractivity contribution in [3.63, 3.8) is 0 Å². The molecule has 2 rings (SSSR count). The summed E-state index contributed by atoms with van der Waals surface area (Å²) in [6.07, 6.45) is 0. The van der Waals surface area contributed by atoms with Gasteiger partial charge in [-0.2, -0.15) is 0 Å². The predicted molar refractivity (Wildman–Crippen MR) is 115 cm³/mol. The average molecular weight is 450 g/mol. The van der Waals surface area contributed by atoms with Gasteiger partial charge in [-0.3, -0.25) is 4.79 Å². The highest BCUT2D eigenvalue weighted by molar-refractivity contribution is 7.89. The van der Waals surface area contributed by atoms with Gasteiger partial charge in [-0.1, -0.05) is 0 Å². The van der Waals surface area contributed by atoms with Crippen molar-refractivity contribution in [1.82, 2.24) is 4.72 Å². The van der Waals surface area contributed by atoms with Gasteiger partial charge in [0.05, 0.1) is 19.3 Å². The van der Waals surface area contributed by atoms with E-state index in [2.05, 4.69) is 4.72 Å². The summed E-state index contributed by atoms with van der Waals surface area (Å²) < 4.78 is 43.5. The number of sulfonamides is 1. The van der Waals surface area contributed by atoms with Crippen molar-refractivity contribution < 1.29 is 32.2 Å². The van der Waals surface area contributed by atoms with Gasteiger partial charge in [-0.05, 0) is 70.2 Å². The summed E-state index contributed by atoms with van der Waals surface area (Å²) in [6, 6.07) is 10.4. The minimum absolute atomic E-state index is 0.0189. The molecule has 8 nitrogen and oxygen atoms in total. The second-order valence-corrected chi connectivity index (χ2v) is 9.33. The molecule has 9 heteroatoms. The highest BCUT2D eigenvalue weighted by atomic mass is 32.2. The Labute approximate surface area is 182 Å². The number of methoxy groups -OCH3 is 1. The van der Waals surface area contributed by atoms with Crippen LogP contribution in [0.2, 0.25) is 0 Å². The van der Waals surface area contributed by atoms with Crippen LogP contribution in [0.15, 0.2) is 47.4 Å². The van der Waals surface area contributed by atoms with E-state index < -0.39 is 33.9 Å². The number of ether oxygens (including phenoxy) is 3. The van der Waals surface area contributed by atoms with Crippen LogP contribution in [0.25, 0.3) is 0 Å². The highest BCUT2D eigenvalue weighted by Gasteiger charge is 2.26. The van der Waals surface area contributed by atoms with Crippen LogP contribution in [0.3, 0.4) is 0 Å². The molecular formula is C22H27NO7S. The quantitative estimate of drug-likeness (QED) is 0.463. The number of hydrogen-bond acceptors (Lipinski definition) is 7. The second kappa shape index (κ2) is 9.93. The third-order valence-corrected chi connectivity index (χ3v) is 5.73. The van der Waals surface area contributed by atoms with Gasteiger partial charge in [-0.25, -0.2) is 17.9 Å². The zero-order chi connectivity index (χ0) is 23.2. The maximum Gasteiger partial charge on any atom is 0.338 e. The summed E-state index contributed by atoms with van der Waals surface area (Å²) in [4.78, 5) is 24.5. The molecule has 0 saturated heterocycles. The maximum absolute atomic E-state index is 12.7. The van der Waals surface area contributed by atoms with E-state index in [9.17, 15) is 18.0 Å². The number of Topliss-reactive ketones (excluding diaryl/α,β-unsaturated/α-hetero) is 1. The Hall–Kier alpha value is -2.91. The maximum atomic E-state index is 12.7. The molecule has 0 aliphatic heterocycles. The Morgan fingerprint density at radius 1 is 1.00 bits per heavy atom. The van der Waals surface area contributed by atoms with Gasteiger partial charge in [0.1, 0.15) is 16.4 Å². The minimum Gasteiger partial charge on any atom is -0.495 e. The molecule has 0 unspecified atom stereocenters. The van der Waals surface area contributed by atoms with Crippen LogP contribution in [-0.2, 0) is 14.8 Å². The molecule has 168 valence electrons. The summed E-state index contributed by atoms with van der Waals surface area (Å²) in [5, 5.41) is 0. The smallest absolute Gasteiger partial charge is 0.338 e. The molecule has 2 aromatic carbocycles. The normalized spacial score (nSPS) is 11.6. The van der Waals surface area contributed by atoms with Crippen molar-refractivity contribution >= 4 is 21.8 Å². The Balaban J connectivity index is 2.15. The molecule has 0 bridgehead atoms. The highest BCUT2D eigenvalue weighted by Crippen LogP contribution is 2.26. The molecule has 2 aromatic rings. The number of carbonyl (C=O) groups excluding carboxylic acids is 2. The van der Waals surface area contributed by atoms with Crippen molar-refractivity contribution in [3.05, 3.63) is 53.6 Å². The molecule has 0 aliphatic carbocycles. The molecule has 0 radical (unpaired) electrons. The van der Waals surface area contributed by atoms with Crippen LogP contribution in [0.4, 0.5) is 0 Å². The molecule has 1 N–H and O–H groups in total. The van der Waals surface area contributed by atoms with Gasteiger partial charge >= 0.3 is 5.97 Å². The lowest BCUT2D eigenvalue weighted by Crippen LogP contribution is -2.40. The first kappa shape index (κ1) is 24.4. The van der Waals surface area contributed by atoms with Gasteiger partial charge < -0.3 is 14.2 Å². The monoisotopic (exact) mass is 449 g/mol. The van der Waals surface area contributed by atoms with E-state index in [4.69, 9.17) is 14.2 Å². The van der Waals surface area contributed by atoms with Crippen molar-refractivity contribution in [1.29, 1.82) is 0 Å². The Kier molecular flexibility index (Phi) is 7.80. The lowest BCUT2D eigenvalue weighted by Gasteiger charge is -2.21. The Bertz CT molecular complexity index is 1040. The molecule has 0 amide bonds. The van der Waals surface area contributed by atoms with E-state index in [1.807, 2.05) is 6.92 Å². The standard InChI is InChI=1S/C22H27NO7S/c1-6-29-17-10-7-15(8-11-17)18(24)14-30-21(25)16-9-12-19(28-5)20(13-16)31(26,27)23-22(2,3)4/h7-13,23H,6,14H2,1-5H3. The average Bonchev–Trinajstić information content (AvgIpc) is 2.70. The predicted octanol–water partition coefficient (Wildman–Crippen LogP) is 3.21. The summed E-state index contributed by atoms with van der Waals surface area (Å²) in [5.74, 6) is -0.507. The van der Waals surface area contributed by atoms with Crippen molar-refractivity contribution in [3.8, 4) is 11.5 Å². The van der Waals surface area contributed by atoms with E-state index in [1.165, 1.54) is 19.2 Å². The number of rotatable bonds is 9. The first-order valence-electron chi connectivity index (χ1n) is 9.62. The fraction of sp³-hybridized carbons (Fsp3) is 0.364. The lowest BCUT2D eigenvalue weighted by molar-refractivity contribution is 0.0474.